The van der Waals surface area contributed by atoms with E-state index in [0.717, 1.165) is 39.0 Å². The minimum atomic E-state index is 0.385. The number of piperazine rings is 1. The summed E-state index contributed by atoms with van der Waals surface area (Å²) in [6, 6.07) is 0. The smallest absolute Gasteiger partial charge is 0.222 e. The van der Waals surface area contributed by atoms with E-state index in [2.05, 4.69) is 12.2 Å². The van der Waals surface area contributed by atoms with E-state index in [1.807, 2.05) is 4.90 Å². The van der Waals surface area contributed by atoms with E-state index in [9.17, 15) is 4.79 Å². The predicted molar refractivity (Wildman–Crippen MR) is 80.1 cm³/mol. The molecular formula is C16H33N2O+. The second-order valence-corrected chi connectivity index (χ2v) is 5.83. The highest BCUT2D eigenvalue weighted by atomic mass is 16.2. The first kappa shape index (κ1) is 16.5. The third kappa shape index (κ3) is 8.25. The van der Waals surface area contributed by atoms with Crippen molar-refractivity contribution in [3.63, 3.8) is 0 Å². The Morgan fingerprint density at radius 2 is 1.42 bits per heavy atom. The lowest BCUT2D eigenvalue weighted by Gasteiger charge is -2.25. The number of hydrogen-bond acceptors (Lipinski definition) is 1. The Morgan fingerprint density at radius 3 is 2.00 bits per heavy atom. The molecule has 0 unspecified atom stereocenters. The molecule has 3 nitrogen and oxygen atoms in total. The third-order valence-corrected chi connectivity index (χ3v) is 4.05. The second kappa shape index (κ2) is 11.3. The molecule has 1 fully saturated rings. The molecule has 0 atom stereocenters. The highest BCUT2D eigenvalue weighted by Crippen LogP contribution is 2.11. The Bertz CT molecular complexity index is 225. The zero-order chi connectivity index (χ0) is 13.8. The minimum absolute atomic E-state index is 0.385. The van der Waals surface area contributed by atoms with Crippen molar-refractivity contribution < 1.29 is 10.1 Å². The quantitative estimate of drug-likeness (QED) is 0.607. The SMILES string of the molecule is CCCCCCCCCCCC(=O)N1CC[NH2+]CC1. The van der Waals surface area contributed by atoms with Gasteiger partial charge in [0.05, 0.1) is 26.2 Å². The van der Waals surface area contributed by atoms with Crippen molar-refractivity contribution in [2.24, 2.45) is 0 Å². The summed E-state index contributed by atoms with van der Waals surface area (Å²) in [6.45, 7) is 6.34. The molecular weight excluding hydrogens is 236 g/mol. The molecule has 3 heteroatoms. The maximum atomic E-state index is 11.9. The van der Waals surface area contributed by atoms with Crippen LogP contribution in [0.3, 0.4) is 0 Å². The molecule has 0 spiro atoms. The van der Waals surface area contributed by atoms with E-state index in [-0.39, 0.29) is 0 Å². The van der Waals surface area contributed by atoms with Crippen LogP contribution < -0.4 is 5.32 Å². The summed E-state index contributed by atoms with van der Waals surface area (Å²) in [6.07, 6.45) is 12.7. The number of amides is 1. The van der Waals surface area contributed by atoms with Gasteiger partial charge in [0.25, 0.3) is 0 Å². The largest absolute Gasteiger partial charge is 0.343 e. The lowest BCUT2D eigenvalue weighted by atomic mass is 10.1. The van der Waals surface area contributed by atoms with E-state index >= 15 is 0 Å². The summed E-state index contributed by atoms with van der Waals surface area (Å²) in [5.41, 5.74) is 0. The van der Waals surface area contributed by atoms with Gasteiger partial charge in [-0.05, 0) is 6.42 Å². The number of nitrogens with zero attached hydrogens (tertiary/aromatic N) is 1. The van der Waals surface area contributed by atoms with Crippen molar-refractivity contribution >= 4 is 5.91 Å². The maximum absolute atomic E-state index is 11.9. The first-order valence-electron chi connectivity index (χ1n) is 8.44. The summed E-state index contributed by atoms with van der Waals surface area (Å²) in [4.78, 5) is 14.0. The monoisotopic (exact) mass is 269 g/mol. The molecule has 1 heterocycles. The Kier molecular flexibility index (Phi) is 9.78. The molecule has 0 bridgehead atoms. The lowest BCUT2D eigenvalue weighted by molar-refractivity contribution is -0.662. The number of hydrogen-bond donors (Lipinski definition) is 1. The van der Waals surface area contributed by atoms with Gasteiger partial charge in [-0.25, -0.2) is 0 Å². The first-order valence-corrected chi connectivity index (χ1v) is 8.44. The lowest BCUT2D eigenvalue weighted by Crippen LogP contribution is -2.89. The van der Waals surface area contributed by atoms with Crippen molar-refractivity contribution in [2.45, 2.75) is 71.1 Å². The van der Waals surface area contributed by atoms with Gasteiger partial charge in [0.2, 0.25) is 5.91 Å². The van der Waals surface area contributed by atoms with E-state index in [0.29, 0.717) is 5.91 Å². The summed E-state index contributed by atoms with van der Waals surface area (Å²) in [5.74, 6) is 0.385. The van der Waals surface area contributed by atoms with Gasteiger partial charge in [0, 0.05) is 6.42 Å². The van der Waals surface area contributed by atoms with Crippen LogP contribution in [0.25, 0.3) is 0 Å². The Balaban J connectivity index is 1.86. The summed E-state index contributed by atoms with van der Waals surface area (Å²) >= 11 is 0. The van der Waals surface area contributed by atoms with Gasteiger partial charge in [0.1, 0.15) is 0 Å². The number of unbranched alkanes of at least 4 members (excludes halogenated alkanes) is 8. The molecule has 1 saturated heterocycles. The van der Waals surface area contributed by atoms with Gasteiger partial charge in [0.15, 0.2) is 0 Å². The van der Waals surface area contributed by atoms with Crippen LogP contribution in [0.15, 0.2) is 0 Å². The van der Waals surface area contributed by atoms with Crippen LogP contribution in [-0.4, -0.2) is 37.0 Å². The topological polar surface area (TPSA) is 36.9 Å². The van der Waals surface area contributed by atoms with Crippen LogP contribution in [0, 0.1) is 0 Å². The number of rotatable bonds is 10. The molecule has 0 aromatic carbocycles. The van der Waals surface area contributed by atoms with Crippen LogP contribution in [0.5, 0.6) is 0 Å². The van der Waals surface area contributed by atoms with Crippen molar-refractivity contribution in [1.82, 2.24) is 4.90 Å². The average molecular weight is 269 g/mol. The zero-order valence-corrected chi connectivity index (χ0v) is 12.8. The van der Waals surface area contributed by atoms with Gasteiger partial charge in [-0.3, -0.25) is 4.79 Å². The molecule has 2 N–H and O–H groups in total. The highest BCUT2D eigenvalue weighted by Gasteiger charge is 2.16. The number of nitrogens with two attached hydrogens (primary N) is 1. The highest BCUT2D eigenvalue weighted by molar-refractivity contribution is 5.76. The molecule has 1 aliphatic heterocycles. The molecule has 1 rings (SSSR count). The molecule has 0 aromatic heterocycles. The molecule has 112 valence electrons. The van der Waals surface area contributed by atoms with Gasteiger partial charge < -0.3 is 10.2 Å². The standard InChI is InChI=1S/C16H32N2O/c1-2-3-4-5-6-7-8-9-10-11-16(19)18-14-12-17-13-15-18/h17H,2-15H2,1H3/p+1. The number of quaternary nitrogens is 1. The summed E-state index contributed by atoms with van der Waals surface area (Å²) < 4.78 is 0. The van der Waals surface area contributed by atoms with Crippen LogP contribution in [0.4, 0.5) is 0 Å². The molecule has 0 aliphatic carbocycles. The van der Waals surface area contributed by atoms with Gasteiger partial charge in [-0.15, -0.1) is 0 Å². The van der Waals surface area contributed by atoms with Gasteiger partial charge in [-0.2, -0.15) is 0 Å². The maximum Gasteiger partial charge on any atom is 0.222 e. The zero-order valence-electron chi connectivity index (χ0n) is 12.8. The Morgan fingerprint density at radius 1 is 0.895 bits per heavy atom. The van der Waals surface area contributed by atoms with Crippen molar-refractivity contribution in [2.75, 3.05) is 26.2 Å². The van der Waals surface area contributed by atoms with Crippen LogP contribution in [0.2, 0.25) is 0 Å². The van der Waals surface area contributed by atoms with E-state index in [1.165, 1.54) is 51.4 Å². The summed E-state index contributed by atoms with van der Waals surface area (Å²) in [7, 11) is 0. The number of carbonyl (C=O) groups excluding carboxylic acids is 1. The fraction of sp³-hybridized carbons (Fsp3) is 0.938. The Labute approximate surface area is 119 Å². The van der Waals surface area contributed by atoms with Crippen LogP contribution >= 0.6 is 0 Å². The summed E-state index contributed by atoms with van der Waals surface area (Å²) in [5, 5.41) is 2.29. The predicted octanol–water partition coefficient (Wildman–Crippen LogP) is 2.31. The van der Waals surface area contributed by atoms with Gasteiger partial charge >= 0.3 is 0 Å². The molecule has 0 aromatic rings. The third-order valence-electron chi connectivity index (χ3n) is 4.05. The molecule has 1 aliphatic rings. The van der Waals surface area contributed by atoms with Crippen molar-refractivity contribution in [3.8, 4) is 0 Å². The fourth-order valence-electron chi connectivity index (χ4n) is 2.74. The normalized spacial score (nSPS) is 15.7. The first-order chi connectivity index (χ1) is 9.34. The van der Waals surface area contributed by atoms with Crippen molar-refractivity contribution in [3.05, 3.63) is 0 Å². The number of carbonyl (C=O) groups is 1. The van der Waals surface area contributed by atoms with E-state index in [4.69, 9.17) is 0 Å². The van der Waals surface area contributed by atoms with Gasteiger partial charge in [-0.1, -0.05) is 58.3 Å². The van der Waals surface area contributed by atoms with E-state index < -0.39 is 0 Å². The molecule has 0 radical (unpaired) electrons. The fourth-order valence-corrected chi connectivity index (χ4v) is 2.74. The Hall–Kier alpha value is -0.570. The van der Waals surface area contributed by atoms with E-state index in [1.54, 1.807) is 0 Å². The minimum Gasteiger partial charge on any atom is -0.343 e. The van der Waals surface area contributed by atoms with Crippen LogP contribution in [0.1, 0.15) is 71.1 Å². The van der Waals surface area contributed by atoms with Crippen LogP contribution in [-0.2, 0) is 4.79 Å². The molecule has 1 amide bonds. The average Bonchev–Trinajstić information content (AvgIpc) is 2.46. The van der Waals surface area contributed by atoms with Crippen molar-refractivity contribution in [1.29, 1.82) is 0 Å². The molecule has 19 heavy (non-hydrogen) atoms. The molecule has 0 saturated carbocycles. The second-order valence-electron chi connectivity index (χ2n) is 5.83.